The van der Waals surface area contributed by atoms with Crippen molar-refractivity contribution in [3.05, 3.63) is 81.1 Å². The van der Waals surface area contributed by atoms with E-state index in [1.54, 1.807) is 0 Å². The molecule has 0 radical (unpaired) electrons. The Labute approximate surface area is 224 Å². The zero-order valence-corrected chi connectivity index (χ0v) is 20.6. The van der Waals surface area contributed by atoms with Crippen molar-refractivity contribution in [2.24, 2.45) is 10.3 Å². The van der Waals surface area contributed by atoms with Crippen LogP contribution in [0.2, 0.25) is 10.0 Å². The first-order valence-corrected chi connectivity index (χ1v) is 11.5. The Bertz CT molecular complexity index is 1500. The number of hydrogen-bond acceptors (Lipinski definition) is 5. The van der Waals surface area contributed by atoms with Gasteiger partial charge in [-0.1, -0.05) is 63.8 Å². The van der Waals surface area contributed by atoms with Gasteiger partial charge in [0.1, 0.15) is 0 Å². The van der Waals surface area contributed by atoms with Crippen molar-refractivity contribution >= 4 is 51.3 Å². The smallest absolute Gasteiger partial charge is 0.411 e. The number of benzene rings is 3. The van der Waals surface area contributed by atoms with Crippen molar-refractivity contribution in [2.75, 3.05) is 6.54 Å². The molecule has 6 nitrogen and oxygen atoms in total. The van der Waals surface area contributed by atoms with Crippen LogP contribution in [0.15, 0.2) is 58.8 Å². The summed E-state index contributed by atoms with van der Waals surface area (Å²) in [6, 6.07) is 9.88. The van der Waals surface area contributed by atoms with Crippen molar-refractivity contribution in [3.63, 3.8) is 0 Å². The molecule has 1 aliphatic rings. The van der Waals surface area contributed by atoms with E-state index in [1.165, 1.54) is 36.4 Å². The van der Waals surface area contributed by atoms with Crippen LogP contribution in [-0.4, -0.2) is 41.4 Å². The van der Waals surface area contributed by atoms with E-state index in [-0.39, 0.29) is 27.6 Å². The van der Waals surface area contributed by atoms with Gasteiger partial charge in [-0.15, -0.1) is 0 Å². The molecule has 3 aromatic rings. The molecule has 15 heteroatoms. The van der Waals surface area contributed by atoms with Gasteiger partial charge >= 0.3 is 12.4 Å². The summed E-state index contributed by atoms with van der Waals surface area (Å²) >= 11 is 11.5. The molecule has 1 heterocycles. The second kappa shape index (κ2) is 10.2. The number of amides is 1. The fraction of sp³-hybridized carbons (Fsp3) is 0.208. The molecule has 0 saturated carbocycles. The number of carbonyl (C=O) groups excluding carboxylic acids is 1. The number of nitrogens with zero attached hydrogens (tertiary/aromatic N) is 2. The first kappa shape index (κ1) is 28.4. The van der Waals surface area contributed by atoms with Crippen LogP contribution in [0.1, 0.15) is 27.9 Å². The standard InChI is InChI=1S/C24H14Cl2F7N3O3/c25-16-7-11(8-17(26)20(16)27)22(24(31,32)33)9-18(36-39-22)14-5-6-15(13-4-2-1-3-12(13)14)21(37)34-10-19(35-38)23(28,29)30/h1-8,38H,9-10H2,(H,34,37)/b35-19+. The Hall–Kier alpha value is -3.58. The van der Waals surface area contributed by atoms with E-state index in [9.17, 15) is 35.5 Å². The van der Waals surface area contributed by atoms with E-state index in [2.05, 4.69) is 10.3 Å². The molecule has 206 valence electrons. The van der Waals surface area contributed by atoms with E-state index in [4.69, 9.17) is 33.2 Å². The highest BCUT2D eigenvalue weighted by molar-refractivity contribution is 6.35. The van der Waals surface area contributed by atoms with Crippen molar-refractivity contribution in [1.82, 2.24) is 5.32 Å². The molecule has 0 spiro atoms. The predicted octanol–water partition coefficient (Wildman–Crippen LogP) is 6.99. The summed E-state index contributed by atoms with van der Waals surface area (Å²) in [6.07, 6.45) is -10.9. The molecule has 0 bridgehead atoms. The first-order valence-electron chi connectivity index (χ1n) is 10.7. The lowest BCUT2D eigenvalue weighted by Gasteiger charge is -2.29. The van der Waals surface area contributed by atoms with Crippen LogP contribution in [0.25, 0.3) is 10.8 Å². The van der Waals surface area contributed by atoms with Gasteiger partial charge in [0.25, 0.3) is 11.5 Å². The second-order valence-corrected chi connectivity index (χ2v) is 9.13. The summed E-state index contributed by atoms with van der Waals surface area (Å²) in [6.45, 7) is -1.13. The molecule has 1 unspecified atom stereocenters. The SMILES string of the molecule is O=C(NC/C(=N\O)C(F)(F)F)c1ccc(C2=NOC(c3cc(Cl)c(F)c(Cl)c3)(C(F)(F)F)C2)c2ccccc12. The summed E-state index contributed by atoms with van der Waals surface area (Å²) in [5.41, 5.74) is -5.43. The van der Waals surface area contributed by atoms with Gasteiger partial charge in [-0.2, -0.15) is 26.3 Å². The lowest BCUT2D eigenvalue weighted by Crippen LogP contribution is -2.42. The molecule has 3 aromatic carbocycles. The zero-order valence-electron chi connectivity index (χ0n) is 19.1. The zero-order chi connectivity index (χ0) is 28.8. The quantitative estimate of drug-likeness (QED) is 0.110. The minimum absolute atomic E-state index is 0.104. The number of alkyl halides is 6. The van der Waals surface area contributed by atoms with Gasteiger partial charge in [-0.25, -0.2) is 4.39 Å². The van der Waals surface area contributed by atoms with E-state index in [1.807, 2.05) is 5.32 Å². The number of hydrogen-bond donors (Lipinski definition) is 2. The monoisotopic (exact) mass is 595 g/mol. The maximum Gasteiger partial charge on any atom is 0.435 e. The Morgan fingerprint density at radius 2 is 1.67 bits per heavy atom. The van der Waals surface area contributed by atoms with E-state index >= 15 is 0 Å². The number of oxime groups is 2. The van der Waals surface area contributed by atoms with Crippen LogP contribution in [0, 0.1) is 5.82 Å². The second-order valence-electron chi connectivity index (χ2n) is 8.32. The van der Waals surface area contributed by atoms with Crippen molar-refractivity contribution in [1.29, 1.82) is 0 Å². The van der Waals surface area contributed by atoms with Crippen LogP contribution < -0.4 is 5.32 Å². The molecule has 1 atom stereocenters. The highest BCUT2D eigenvalue weighted by atomic mass is 35.5. The molecular formula is C24H14Cl2F7N3O3. The Morgan fingerprint density at radius 1 is 1.05 bits per heavy atom. The van der Waals surface area contributed by atoms with Gasteiger partial charge in [-0.05, 0) is 29.0 Å². The fourth-order valence-electron chi connectivity index (χ4n) is 4.04. The molecule has 0 aromatic heterocycles. The topological polar surface area (TPSA) is 83.3 Å². The highest BCUT2D eigenvalue weighted by Crippen LogP contribution is 2.50. The van der Waals surface area contributed by atoms with E-state index in [0.717, 1.165) is 12.1 Å². The molecule has 2 N–H and O–H groups in total. The van der Waals surface area contributed by atoms with Gasteiger partial charge < -0.3 is 15.4 Å². The minimum Gasteiger partial charge on any atom is -0.411 e. The number of rotatable bonds is 5. The molecule has 0 fully saturated rings. The number of fused-ring (bicyclic) bond motifs is 1. The van der Waals surface area contributed by atoms with Gasteiger partial charge in [-0.3, -0.25) is 4.79 Å². The van der Waals surface area contributed by atoms with Gasteiger partial charge in [0.05, 0.1) is 22.3 Å². The fourth-order valence-corrected chi connectivity index (χ4v) is 4.52. The average Bonchev–Trinajstić information content (AvgIpc) is 3.32. The van der Waals surface area contributed by atoms with Crippen LogP contribution in [0.4, 0.5) is 30.7 Å². The summed E-state index contributed by atoms with van der Waals surface area (Å²) < 4.78 is 95.4. The van der Waals surface area contributed by atoms with Crippen LogP contribution >= 0.6 is 23.2 Å². The van der Waals surface area contributed by atoms with Crippen molar-refractivity contribution in [3.8, 4) is 0 Å². The normalized spacial score (nSPS) is 18.2. The van der Waals surface area contributed by atoms with Gasteiger partial charge in [0.15, 0.2) is 11.5 Å². The third-order valence-electron chi connectivity index (χ3n) is 5.98. The van der Waals surface area contributed by atoms with E-state index in [0.29, 0.717) is 0 Å². The highest BCUT2D eigenvalue weighted by Gasteiger charge is 2.62. The lowest BCUT2D eigenvalue weighted by atomic mass is 9.85. The third kappa shape index (κ3) is 5.20. The predicted molar refractivity (Wildman–Crippen MR) is 128 cm³/mol. The third-order valence-corrected chi connectivity index (χ3v) is 6.53. The van der Waals surface area contributed by atoms with Crippen LogP contribution in [0.3, 0.4) is 0 Å². The first-order chi connectivity index (χ1) is 18.2. The molecule has 4 rings (SSSR count). The lowest BCUT2D eigenvalue weighted by molar-refractivity contribution is -0.275. The van der Waals surface area contributed by atoms with Gasteiger partial charge in [0, 0.05) is 23.1 Å². The Kier molecular flexibility index (Phi) is 7.43. The number of nitrogens with one attached hydrogen (secondary N) is 1. The van der Waals surface area contributed by atoms with Crippen molar-refractivity contribution in [2.45, 2.75) is 24.4 Å². The average molecular weight is 596 g/mol. The van der Waals surface area contributed by atoms with Crippen LogP contribution in [-0.2, 0) is 10.4 Å². The van der Waals surface area contributed by atoms with Gasteiger partial charge in [0.2, 0.25) is 0 Å². The summed E-state index contributed by atoms with van der Waals surface area (Å²) in [4.78, 5) is 17.6. The maximum absolute atomic E-state index is 14.4. The Balaban J connectivity index is 1.71. The number of carbonyl (C=O) groups is 1. The summed E-state index contributed by atoms with van der Waals surface area (Å²) in [5.74, 6) is -2.07. The summed E-state index contributed by atoms with van der Waals surface area (Å²) in [7, 11) is 0. The maximum atomic E-state index is 14.4. The summed E-state index contributed by atoms with van der Waals surface area (Å²) in [5, 5.41) is 15.5. The molecule has 1 aliphatic heterocycles. The van der Waals surface area contributed by atoms with E-state index < -0.39 is 64.0 Å². The number of halogens is 9. The Morgan fingerprint density at radius 3 is 2.23 bits per heavy atom. The molecule has 0 aliphatic carbocycles. The molecule has 39 heavy (non-hydrogen) atoms. The van der Waals surface area contributed by atoms with Crippen molar-refractivity contribution < 1.29 is 45.6 Å². The van der Waals surface area contributed by atoms with Crippen LogP contribution in [0.5, 0.6) is 0 Å². The largest absolute Gasteiger partial charge is 0.435 e. The molecule has 1 amide bonds. The molecule has 0 saturated heterocycles. The molecular weight excluding hydrogens is 582 g/mol. The minimum atomic E-state index is -5.05.